The number of hydrogen-bond donors (Lipinski definition) is 10. The number of ether oxygens (including phenoxy) is 1. The van der Waals surface area contributed by atoms with Gasteiger partial charge in [0, 0.05) is 99.4 Å². The minimum Gasteiger partial charge on any atom is -0.510 e. The lowest BCUT2D eigenvalue weighted by molar-refractivity contribution is -0.163. The largest absolute Gasteiger partial charge is 0.510 e. The summed E-state index contributed by atoms with van der Waals surface area (Å²) in [6.07, 6.45) is 5.54. The van der Waals surface area contributed by atoms with Gasteiger partial charge in [-0.15, -0.1) is 11.8 Å². The van der Waals surface area contributed by atoms with Crippen LogP contribution in [0, 0.1) is 35.4 Å². The first-order valence-corrected chi connectivity index (χ1v) is 30.3. The highest BCUT2D eigenvalue weighted by molar-refractivity contribution is 8.03. The molecule has 1 aromatic heterocycles. The molecular formula is C61H76FN9O16S. The average Bonchev–Trinajstić information content (AvgIpc) is 1.32. The van der Waals surface area contributed by atoms with E-state index in [9.17, 15) is 74.1 Å². The number of hydrogen-bond acceptors (Lipinski definition) is 20. The number of carboxylic acid groups (broad SMARTS) is 2. The number of allylic oxidation sites excluding steroid dienone is 1. The molecule has 0 radical (unpaired) electrons. The maximum atomic E-state index is 15.3. The van der Waals surface area contributed by atoms with E-state index in [-0.39, 0.29) is 87.5 Å². The van der Waals surface area contributed by atoms with Crippen LogP contribution in [0.15, 0.2) is 62.5 Å². The van der Waals surface area contributed by atoms with Crippen LogP contribution in [0.25, 0.3) is 10.9 Å². The highest BCUT2D eigenvalue weighted by Crippen LogP contribution is 2.55. The number of pyridine rings is 1. The minimum absolute atomic E-state index is 0.00184. The second-order valence-electron chi connectivity index (χ2n) is 25.1. The third-order valence-electron chi connectivity index (χ3n) is 19.0. The predicted octanol–water partition coefficient (Wildman–Crippen LogP) is 2.25. The molecule has 11 N–H and O–H groups in total. The number of rotatable bonds is 12. The number of aliphatic hydroxyl groups is 4. The molecule has 27 heteroatoms. The van der Waals surface area contributed by atoms with Gasteiger partial charge in [0.2, 0.25) is 23.0 Å². The summed E-state index contributed by atoms with van der Waals surface area (Å²) in [5, 5.41) is 79.7. The molecule has 3 aromatic rings. The average molecular weight is 1240 g/mol. The Labute approximate surface area is 510 Å². The number of nitrogens with one attached hydrogen (secondary N) is 2. The Hall–Kier alpha value is -7.56. The Bertz CT molecular complexity index is 3620. The summed E-state index contributed by atoms with van der Waals surface area (Å²) in [4.78, 5) is 108. The molecule has 0 bridgehead atoms. The zero-order valence-corrected chi connectivity index (χ0v) is 51.2. The van der Waals surface area contributed by atoms with E-state index in [4.69, 9.17) is 10.5 Å². The van der Waals surface area contributed by atoms with Crippen molar-refractivity contribution in [3.8, 4) is 11.5 Å². The number of carboxylic acids is 2. The van der Waals surface area contributed by atoms with Crippen LogP contribution in [0.5, 0.6) is 11.5 Å². The molecule has 5 aliphatic heterocycles. The number of aliphatic carboxylic acids is 1. The summed E-state index contributed by atoms with van der Waals surface area (Å²) in [6, 6.07) is 3.11. The summed E-state index contributed by atoms with van der Waals surface area (Å²) in [5.74, 6) is -9.74. The number of likely N-dealkylation sites (N-methyl/N-ethyl adjacent to an activating group) is 2. The quantitative estimate of drug-likeness (QED) is 0.0918. The van der Waals surface area contributed by atoms with Gasteiger partial charge in [-0.3, -0.25) is 33.7 Å². The monoisotopic (exact) mass is 1240 g/mol. The minimum atomic E-state index is -2.63. The van der Waals surface area contributed by atoms with E-state index in [0.29, 0.717) is 58.9 Å². The maximum Gasteiger partial charge on any atom is 0.353 e. The maximum absolute atomic E-state index is 15.3. The number of thioether (sulfide) groups is 1. The molecule has 4 aliphatic carbocycles. The van der Waals surface area contributed by atoms with E-state index >= 15 is 4.39 Å². The third-order valence-corrected chi connectivity index (χ3v) is 20.5. The number of ketones is 2. The molecule has 3 amide bonds. The molecule has 12 rings (SSSR count). The van der Waals surface area contributed by atoms with E-state index in [2.05, 4.69) is 10.6 Å². The number of Topliss-reactive ketones (excluding diaryl/α,β-unsaturated/α-hetero) is 2. The number of methoxy groups -OCH3 is 1. The molecular weight excluding hydrogens is 1170 g/mol. The number of aliphatic hydroxyl groups excluding tert-OH is 3. The first kappa shape index (κ1) is 63.5. The van der Waals surface area contributed by atoms with Gasteiger partial charge >= 0.3 is 11.9 Å². The number of phenols is 1. The van der Waals surface area contributed by atoms with Crippen LogP contribution in [-0.2, 0) is 30.4 Å². The molecule has 12 atom stereocenters. The number of halogens is 1. The second-order valence-corrected chi connectivity index (χ2v) is 26.4. The second kappa shape index (κ2) is 23.8. The molecule has 0 spiro atoms. The number of carbonyl (C=O) groups excluding carboxylic acids is 5. The van der Waals surface area contributed by atoms with Gasteiger partial charge < -0.3 is 81.0 Å². The lowest BCUT2D eigenvalue weighted by Crippen LogP contribution is -2.63. The lowest BCUT2D eigenvalue weighted by atomic mass is 9.58. The molecule has 9 aliphatic rings. The number of primary amides is 1. The van der Waals surface area contributed by atoms with E-state index in [0.717, 1.165) is 44.5 Å². The van der Waals surface area contributed by atoms with Crippen LogP contribution in [-0.4, -0.2) is 213 Å². The number of piperidine rings is 1. The molecule has 25 nitrogen and oxygen atoms in total. The van der Waals surface area contributed by atoms with Crippen molar-refractivity contribution in [3.05, 3.63) is 90.4 Å². The molecule has 5 fully saturated rings. The number of aromatic hydroxyl groups is 1. The van der Waals surface area contributed by atoms with Gasteiger partial charge in [-0.2, -0.15) is 0 Å². The highest BCUT2D eigenvalue weighted by Gasteiger charge is 2.64. The van der Waals surface area contributed by atoms with Crippen molar-refractivity contribution in [2.24, 2.45) is 35.3 Å². The Kier molecular flexibility index (Phi) is 17.1. The summed E-state index contributed by atoms with van der Waals surface area (Å²) >= 11 is 1.45. The fourth-order valence-electron chi connectivity index (χ4n) is 14.8. The topological polar surface area (TPSA) is 359 Å². The predicted molar refractivity (Wildman–Crippen MR) is 321 cm³/mol. The SMILES string of the molecule is CN(C)c1ccc(O)c2c1C[C@H]1C[C@H]3[C@H](N(C)C)C(O)=C(C(N)=O)C(=O)[C@@]3(O)C(O)=C1C2=O.COc1c(N2C[C@@H]3CCCN[C@@H]3C2)c(F)cc2c(=O)c(C(=O)O)cn(C3CC3)c12.C[C@@H](O)[C@H]1C(=O)N2C(C(=O)O)=C(S[C@@H]3CN[C@H](C(=O)N(C)C)C3)[C@H](C)[C@H]12. The molecule has 6 heterocycles. The van der Waals surface area contributed by atoms with Gasteiger partial charge in [-0.1, -0.05) is 6.92 Å². The number of carbonyl (C=O) groups is 7. The molecule has 88 heavy (non-hydrogen) atoms. The Morgan fingerprint density at radius 3 is 2.23 bits per heavy atom. The number of benzene rings is 2. The fraction of sp³-hybridized carbons (Fsp3) is 0.541. The number of amides is 3. The number of aromatic carboxylic acids is 1. The number of anilines is 2. The van der Waals surface area contributed by atoms with E-state index in [1.54, 1.807) is 69.6 Å². The highest BCUT2D eigenvalue weighted by atomic mass is 32.2. The number of nitrogens with zero attached hydrogens (tertiary/aromatic N) is 6. The van der Waals surface area contributed by atoms with Crippen molar-refractivity contribution in [1.29, 1.82) is 0 Å². The standard InChI is InChI=1S/C23H27N3O7.C21H24FN3O4.C17H25N3O5S/c1-25(2)12-5-6-13(27)15-10(12)7-9-8-11-17(26(3)4)19(29)16(22(24)32)21(31)23(11,33)20(30)14(9)18(15)28;1-29-20-17-13(19(26)14(21(27)28)9-25(17)12-4-5-12)7-15(22)18(20)24-8-11-3-2-6-23-16(11)10-24;1-7-12-11(8(2)21)16(23)20(12)13(17(24)25)14(7)26-9-5-10(18-6-9)15(22)19(3)4/h5-6,9,11,17,27,29-30,33H,7-8H2,1-4H3,(H2,24,32);7,9,11-12,16,23H,2-6,8,10H2,1H3,(H,27,28);7-12,18,21H,5-6H2,1-4H3,(H,24,25)/t9-,11-,17-,23-;11-,16+;7-,8-,9+,10+,11-,12-/m001/s1. The first-order chi connectivity index (χ1) is 41.5. The normalized spacial score (nSPS) is 29.0. The van der Waals surface area contributed by atoms with Crippen LogP contribution in [0.3, 0.4) is 0 Å². The van der Waals surface area contributed by atoms with E-state index < -0.39 is 93.3 Å². The van der Waals surface area contributed by atoms with Gasteiger partial charge in [-0.25, -0.2) is 14.0 Å². The van der Waals surface area contributed by atoms with Crippen LogP contribution in [0.4, 0.5) is 15.8 Å². The Morgan fingerprint density at radius 2 is 1.65 bits per heavy atom. The van der Waals surface area contributed by atoms with Gasteiger partial charge in [0.05, 0.1) is 53.7 Å². The van der Waals surface area contributed by atoms with Crippen molar-refractivity contribution in [2.75, 3.05) is 85.4 Å². The van der Waals surface area contributed by atoms with Crippen LogP contribution in [0.2, 0.25) is 0 Å². The van der Waals surface area contributed by atoms with E-state index in [1.807, 2.05) is 11.8 Å². The van der Waals surface area contributed by atoms with Gasteiger partial charge in [0.15, 0.2) is 23.0 Å². The molecule has 2 aromatic carbocycles. The van der Waals surface area contributed by atoms with Crippen LogP contribution < -0.4 is 36.3 Å². The molecule has 474 valence electrons. The number of nitrogens with two attached hydrogens (primary N) is 1. The van der Waals surface area contributed by atoms with Crippen molar-refractivity contribution < 1.29 is 78.4 Å². The third kappa shape index (κ3) is 10.4. The van der Waals surface area contributed by atoms with Crippen molar-refractivity contribution in [3.63, 3.8) is 0 Å². The van der Waals surface area contributed by atoms with Crippen molar-refractivity contribution in [2.45, 2.75) is 106 Å². The first-order valence-electron chi connectivity index (χ1n) is 29.4. The Balaban J connectivity index is 0.000000147. The van der Waals surface area contributed by atoms with Crippen LogP contribution in [0.1, 0.15) is 84.7 Å². The molecule has 0 unspecified atom stereocenters. The van der Waals surface area contributed by atoms with Crippen molar-refractivity contribution >= 4 is 75.3 Å². The van der Waals surface area contributed by atoms with Gasteiger partial charge in [-0.05, 0) is 108 Å². The van der Waals surface area contributed by atoms with Gasteiger partial charge in [0.1, 0.15) is 39.8 Å². The zero-order valence-electron chi connectivity index (χ0n) is 50.4. The van der Waals surface area contributed by atoms with Gasteiger partial charge in [0.25, 0.3) is 5.91 Å². The smallest absolute Gasteiger partial charge is 0.353 e. The lowest BCUT2D eigenvalue weighted by Gasteiger charge is -2.50. The number of aromatic nitrogens is 1. The summed E-state index contributed by atoms with van der Waals surface area (Å²) in [6.45, 7) is 6.48. The summed E-state index contributed by atoms with van der Waals surface area (Å²) in [5.41, 5.74) is 2.91. The summed E-state index contributed by atoms with van der Waals surface area (Å²) < 4.78 is 22.8. The fourth-order valence-corrected chi connectivity index (χ4v) is 16.2. The Morgan fingerprint density at radius 1 is 0.955 bits per heavy atom. The summed E-state index contributed by atoms with van der Waals surface area (Å²) in [7, 11) is 11.7. The number of phenolic OH excluding ortho intramolecular Hbond substituents is 1. The molecule has 1 saturated carbocycles. The number of fused-ring (bicyclic) bond motifs is 6. The number of β-lactam (4-membered cyclic amide) rings is 1. The van der Waals surface area contributed by atoms with Crippen LogP contribution >= 0.6 is 11.8 Å². The van der Waals surface area contributed by atoms with E-state index in [1.165, 1.54) is 47.0 Å². The zero-order chi connectivity index (χ0) is 64.2. The van der Waals surface area contributed by atoms with Crippen molar-refractivity contribution in [1.82, 2.24) is 29.9 Å². The molecule has 4 saturated heterocycles.